The number of ether oxygens (including phenoxy) is 2. The number of hydrogen-bond acceptors (Lipinski definition) is 3. The number of fused-ring (bicyclic) bond motifs is 1. The number of amides is 1. The van der Waals surface area contributed by atoms with Gasteiger partial charge in [-0.15, -0.1) is 0 Å². The Balaban J connectivity index is 1.46. The topological polar surface area (TPSA) is 47.6 Å². The fourth-order valence-corrected chi connectivity index (χ4v) is 3.21. The molecule has 0 radical (unpaired) electrons. The van der Waals surface area contributed by atoms with Gasteiger partial charge in [-0.2, -0.15) is 0 Å². The molecule has 4 nitrogen and oxygen atoms in total. The smallest absolute Gasteiger partial charge is 0.255 e. The molecular formula is C22H27NO3. The van der Waals surface area contributed by atoms with Gasteiger partial charge in [0.25, 0.3) is 5.91 Å². The molecule has 0 saturated heterocycles. The van der Waals surface area contributed by atoms with Crippen molar-refractivity contribution in [1.82, 2.24) is 5.32 Å². The average molecular weight is 353 g/mol. The molecule has 1 amide bonds. The summed E-state index contributed by atoms with van der Waals surface area (Å²) < 4.78 is 11.7. The van der Waals surface area contributed by atoms with Crippen LogP contribution in [0.2, 0.25) is 0 Å². The quantitative estimate of drug-likeness (QED) is 0.747. The Morgan fingerprint density at radius 1 is 1.15 bits per heavy atom. The maximum atomic E-state index is 12.5. The molecule has 1 aliphatic rings. The van der Waals surface area contributed by atoms with E-state index in [-0.39, 0.29) is 18.1 Å². The van der Waals surface area contributed by atoms with Crippen LogP contribution in [0.15, 0.2) is 48.5 Å². The number of nitrogens with one attached hydrogen (secondary N) is 1. The predicted molar refractivity (Wildman–Crippen MR) is 103 cm³/mol. The molecule has 0 spiro atoms. The summed E-state index contributed by atoms with van der Waals surface area (Å²) in [5.74, 6) is 0.962. The third-order valence-corrected chi connectivity index (χ3v) is 5.03. The van der Waals surface area contributed by atoms with Crippen LogP contribution in [0.4, 0.5) is 0 Å². The molecule has 3 rings (SSSR count). The van der Waals surface area contributed by atoms with E-state index in [2.05, 4.69) is 24.4 Å². The molecule has 0 aromatic heterocycles. The van der Waals surface area contributed by atoms with Crippen molar-refractivity contribution in [1.29, 1.82) is 0 Å². The lowest BCUT2D eigenvalue weighted by atomic mass is 9.97. The van der Waals surface area contributed by atoms with E-state index in [4.69, 9.17) is 9.47 Å². The Hall–Kier alpha value is -2.33. The molecule has 4 heteroatoms. The van der Waals surface area contributed by atoms with Gasteiger partial charge < -0.3 is 14.8 Å². The summed E-state index contributed by atoms with van der Waals surface area (Å²) >= 11 is 0. The van der Waals surface area contributed by atoms with Crippen LogP contribution in [0.5, 0.6) is 5.75 Å². The van der Waals surface area contributed by atoms with Crippen molar-refractivity contribution in [2.45, 2.75) is 45.3 Å². The highest BCUT2D eigenvalue weighted by molar-refractivity contribution is 5.97. The minimum absolute atomic E-state index is 0.0562. The number of carbonyl (C=O) groups is 1. The van der Waals surface area contributed by atoms with E-state index >= 15 is 0 Å². The van der Waals surface area contributed by atoms with Gasteiger partial charge in [-0.25, -0.2) is 0 Å². The van der Waals surface area contributed by atoms with Crippen molar-refractivity contribution in [2.24, 2.45) is 0 Å². The lowest BCUT2D eigenvalue weighted by Crippen LogP contribution is -2.26. The minimum Gasteiger partial charge on any atom is -0.489 e. The molecule has 3 atom stereocenters. The molecule has 138 valence electrons. The molecule has 0 saturated carbocycles. The lowest BCUT2D eigenvalue weighted by molar-refractivity contribution is 0.0634. The van der Waals surface area contributed by atoms with Crippen LogP contribution < -0.4 is 10.1 Å². The molecule has 1 heterocycles. The van der Waals surface area contributed by atoms with E-state index in [0.717, 1.165) is 23.3 Å². The predicted octanol–water partition coefficient (Wildman–Crippen LogP) is 4.47. The van der Waals surface area contributed by atoms with Crippen molar-refractivity contribution in [3.8, 4) is 5.75 Å². The zero-order valence-electron chi connectivity index (χ0n) is 15.7. The summed E-state index contributed by atoms with van der Waals surface area (Å²) in [4.78, 5) is 12.5. The Labute approximate surface area is 155 Å². The number of benzene rings is 2. The zero-order chi connectivity index (χ0) is 18.5. The highest BCUT2D eigenvalue weighted by Crippen LogP contribution is 2.40. The fraction of sp³-hybridized carbons (Fsp3) is 0.409. The second-order valence-electron chi connectivity index (χ2n) is 6.87. The third kappa shape index (κ3) is 4.07. The van der Waals surface area contributed by atoms with E-state index in [1.54, 1.807) is 0 Å². The maximum Gasteiger partial charge on any atom is 0.255 e. The van der Waals surface area contributed by atoms with Crippen molar-refractivity contribution >= 4 is 5.91 Å². The molecule has 1 N–H and O–H groups in total. The normalized spacial score (nSPS) is 19.5. The third-order valence-electron chi connectivity index (χ3n) is 5.03. The highest BCUT2D eigenvalue weighted by Gasteiger charge is 2.30. The summed E-state index contributed by atoms with van der Waals surface area (Å²) in [5.41, 5.74) is 2.90. The summed E-state index contributed by atoms with van der Waals surface area (Å²) in [7, 11) is 0. The first kappa shape index (κ1) is 18.5. The van der Waals surface area contributed by atoms with Gasteiger partial charge in [-0.3, -0.25) is 4.79 Å². The zero-order valence-corrected chi connectivity index (χ0v) is 15.7. The first-order valence-corrected chi connectivity index (χ1v) is 9.32. The number of para-hydroxylation sites is 1. The number of hydrogen-bond donors (Lipinski definition) is 1. The molecule has 0 fully saturated rings. The Morgan fingerprint density at radius 3 is 2.69 bits per heavy atom. The highest BCUT2D eigenvalue weighted by atomic mass is 16.5. The van der Waals surface area contributed by atoms with E-state index < -0.39 is 0 Å². The first-order chi connectivity index (χ1) is 12.6. The fourth-order valence-electron chi connectivity index (χ4n) is 3.21. The van der Waals surface area contributed by atoms with Crippen LogP contribution in [0, 0.1) is 0 Å². The van der Waals surface area contributed by atoms with E-state index in [1.807, 2.05) is 50.2 Å². The van der Waals surface area contributed by atoms with Crippen LogP contribution in [0.25, 0.3) is 0 Å². The summed E-state index contributed by atoms with van der Waals surface area (Å²) in [5, 5.41) is 2.97. The van der Waals surface area contributed by atoms with Crippen LogP contribution in [0.3, 0.4) is 0 Å². The molecule has 3 unspecified atom stereocenters. The van der Waals surface area contributed by atoms with Crippen LogP contribution >= 0.6 is 0 Å². The number of rotatable bonds is 7. The van der Waals surface area contributed by atoms with Gasteiger partial charge in [0, 0.05) is 24.6 Å². The Morgan fingerprint density at radius 2 is 1.92 bits per heavy atom. The van der Waals surface area contributed by atoms with E-state index in [0.29, 0.717) is 24.6 Å². The second-order valence-corrected chi connectivity index (χ2v) is 6.87. The second kappa shape index (κ2) is 8.37. The van der Waals surface area contributed by atoms with Crippen molar-refractivity contribution in [3.05, 3.63) is 65.2 Å². The molecule has 0 aliphatic carbocycles. The molecule has 1 aliphatic heterocycles. The Bertz CT molecular complexity index is 744. The van der Waals surface area contributed by atoms with Crippen molar-refractivity contribution in [3.63, 3.8) is 0 Å². The molecular weight excluding hydrogens is 326 g/mol. The van der Waals surface area contributed by atoms with Gasteiger partial charge in [-0.05, 0) is 31.9 Å². The van der Waals surface area contributed by atoms with E-state index in [1.165, 1.54) is 0 Å². The maximum absolute atomic E-state index is 12.5. The first-order valence-electron chi connectivity index (χ1n) is 9.32. The molecule has 2 aromatic carbocycles. The SMILES string of the molecule is CC(OCCCNC(=O)c1cccc2c1OC(C)C2C)c1ccccc1. The summed E-state index contributed by atoms with van der Waals surface area (Å²) in [6.07, 6.45) is 0.929. The average Bonchev–Trinajstić information content (AvgIpc) is 2.96. The summed E-state index contributed by atoms with van der Waals surface area (Å²) in [6.45, 7) is 7.39. The summed E-state index contributed by atoms with van der Waals surface area (Å²) in [6, 6.07) is 15.9. The monoisotopic (exact) mass is 353 g/mol. The van der Waals surface area contributed by atoms with Crippen molar-refractivity contribution in [2.75, 3.05) is 13.2 Å². The standard InChI is InChI=1S/C22H27NO3/c1-15-16(2)26-21-19(15)11-7-12-20(21)22(24)23-13-8-14-25-17(3)18-9-5-4-6-10-18/h4-7,9-12,15-17H,8,13-14H2,1-3H3,(H,23,24). The van der Waals surface area contributed by atoms with Crippen LogP contribution in [0.1, 0.15) is 60.7 Å². The Kier molecular flexibility index (Phi) is 5.94. The lowest BCUT2D eigenvalue weighted by Gasteiger charge is -2.14. The van der Waals surface area contributed by atoms with E-state index in [9.17, 15) is 4.79 Å². The molecule has 0 bridgehead atoms. The van der Waals surface area contributed by atoms with Gasteiger partial charge in [0.05, 0.1) is 11.7 Å². The van der Waals surface area contributed by atoms with Gasteiger partial charge in [0.2, 0.25) is 0 Å². The number of carbonyl (C=O) groups excluding carboxylic acids is 1. The van der Waals surface area contributed by atoms with Crippen LogP contribution in [-0.4, -0.2) is 25.2 Å². The van der Waals surface area contributed by atoms with Gasteiger partial charge in [0.15, 0.2) is 0 Å². The minimum atomic E-state index is -0.0840. The molecule has 26 heavy (non-hydrogen) atoms. The molecule has 2 aromatic rings. The van der Waals surface area contributed by atoms with Crippen molar-refractivity contribution < 1.29 is 14.3 Å². The largest absolute Gasteiger partial charge is 0.489 e. The van der Waals surface area contributed by atoms with Gasteiger partial charge in [-0.1, -0.05) is 49.4 Å². The van der Waals surface area contributed by atoms with Gasteiger partial charge in [0.1, 0.15) is 11.9 Å². The van der Waals surface area contributed by atoms with Gasteiger partial charge >= 0.3 is 0 Å². The van der Waals surface area contributed by atoms with Crippen LogP contribution in [-0.2, 0) is 4.74 Å².